The van der Waals surface area contributed by atoms with E-state index in [2.05, 4.69) is 20.9 Å². The van der Waals surface area contributed by atoms with E-state index in [1.54, 1.807) is 6.92 Å². The highest BCUT2D eigenvalue weighted by Gasteiger charge is 2.21. The maximum Gasteiger partial charge on any atom is 0.376 e. The Morgan fingerprint density at radius 2 is 2.15 bits per heavy atom. The molecule has 0 aliphatic carbocycles. The Bertz CT molecular complexity index is 634. The summed E-state index contributed by atoms with van der Waals surface area (Å²) in [6.45, 7) is 5.98. The van der Waals surface area contributed by atoms with Crippen LogP contribution in [0.15, 0.2) is 27.1 Å². The van der Waals surface area contributed by atoms with Crippen molar-refractivity contribution in [2.45, 2.75) is 27.2 Å². The van der Waals surface area contributed by atoms with Crippen LogP contribution in [0.1, 0.15) is 35.7 Å². The minimum absolute atomic E-state index is 0.198. The lowest BCUT2D eigenvalue weighted by atomic mass is 10.1. The van der Waals surface area contributed by atoms with Crippen molar-refractivity contribution >= 4 is 21.9 Å². The molecule has 0 bridgehead atoms. The molecule has 1 heterocycles. The lowest BCUT2D eigenvalue weighted by Crippen LogP contribution is -2.05. The third-order valence-electron chi connectivity index (χ3n) is 2.99. The maximum atomic E-state index is 11.9. The number of carbonyl (C=O) groups excluding carboxylic acids is 1. The summed E-state index contributed by atoms with van der Waals surface area (Å²) in [6.07, 6.45) is 0.616. The fourth-order valence-electron chi connectivity index (χ4n) is 1.90. The SMILES string of the molecule is CCOC(=O)c1oc(-c2cccc(Br)c2C)nc1CC. The first kappa shape index (κ1) is 14.8. The Morgan fingerprint density at radius 1 is 1.40 bits per heavy atom. The number of carbonyl (C=O) groups is 1. The first-order valence-electron chi connectivity index (χ1n) is 6.50. The van der Waals surface area contributed by atoms with Crippen LogP contribution in [-0.4, -0.2) is 17.6 Å². The van der Waals surface area contributed by atoms with E-state index in [9.17, 15) is 4.79 Å². The summed E-state index contributed by atoms with van der Waals surface area (Å²) >= 11 is 3.48. The smallest absolute Gasteiger partial charge is 0.376 e. The molecule has 0 saturated heterocycles. The maximum absolute atomic E-state index is 11.9. The lowest BCUT2D eigenvalue weighted by Gasteiger charge is -2.03. The molecule has 4 nitrogen and oxygen atoms in total. The first-order chi connectivity index (χ1) is 9.58. The van der Waals surface area contributed by atoms with E-state index in [0.717, 1.165) is 15.6 Å². The zero-order valence-corrected chi connectivity index (χ0v) is 13.3. The van der Waals surface area contributed by atoms with Gasteiger partial charge >= 0.3 is 5.97 Å². The highest BCUT2D eigenvalue weighted by atomic mass is 79.9. The van der Waals surface area contributed by atoms with Crippen LogP contribution in [0.2, 0.25) is 0 Å². The van der Waals surface area contributed by atoms with Crippen LogP contribution in [0.5, 0.6) is 0 Å². The molecule has 0 radical (unpaired) electrons. The highest BCUT2D eigenvalue weighted by molar-refractivity contribution is 9.10. The Morgan fingerprint density at radius 3 is 2.80 bits per heavy atom. The zero-order valence-electron chi connectivity index (χ0n) is 11.7. The Kier molecular flexibility index (Phi) is 4.60. The van der Waals surface area contributed by atoms with Crippen molar-refractivity contribution in [2.75, 3.05) is 6.61 Å². The number of hydrogen-bond donors (Lipinski definition) is 0. The van der Waals surface area contributed by atoms with Gasteiger partial charge in [0.1, 0.15) is 0 Å². The molecule has 2 aromatic rings. The predicted octanol–water partition coefficient (Wildman–Crippen LogP) is 4.15. The van der Waals surface area contributed by atoms with Crippen LogP contribution >= 0.6 is 15.9 Å². The molecule has 106 valence electrons. The van der Waals surface area contributed by atoms with E-state index in [1.807, 2.05) is 32.0 Å². The summed E-state index contributed by atoms with van der Waals surface area (Å²) in [5.41, 5.74) is 2.51. The molecule has 20 heavy (non-hydrogen) atoms. The van der Waals surface area contributed by atoms with Crippen molar-refractivity contribution in [3.8, 4) is 11.5 Å². The lowest BCUT2D eigenvalue weighted by molar-refractivity contribution is 0.0489. The van der Waals surface area contributed by atoms with Crippen LogP contribution < -0.4 is 0 Å². The molecule has 0 saturated carbocycles. The molecule has 0 atom stereocenters. The van der Waals surface area contributed by atoms with Gasteiger partial charge in [-0.25, -0.2) is 9.78 Å². The van der Waals surface area contributed by atoms with E-state index in [-0.39, 0.29) is 5.76 Å². The Labute approximate surface area is 126 Å². The van der Waals surface area contributed by atoms with Gasteiger partial charge in [-0.1, -0.05) is 28.9 Å². The van der Waals surface area contributed by atoms with Crippen molar-refractivity contribution in [1.82, 2.24) is 4.98 Å². The largest absolute Gasteiger partial charge is 0.460 e. The summed E-state index contributed by atoms with van der Waals surface area (Å²) in [5, 5.41) is 0. The quantitative estimate of drug-likeness (QED) is 0.786. The van der Waals surface area contributed by atoms with Crippen molar-refractivity contribution in [1.29, 1.82) is 0 Å². The molecular weight excluding hydrogens is 322 g/mol. The zero-order chi connectivity index (χ0) is 14.7. The average molecular weight is 338 g/mol. The van der Waals surface area contributed by atoms with Gasteiger partial charge in [-0.15, -0.1) is 0 Å². The van der Waals surface area contributed by atoms with E-state index in [0.29, 0.717) is 24.6 Å². The third-order valence-corrected chi connectivity index (χ3v) is 3.85. The summed E-state index contributed by atoms with van der Waals surface area (Å²) < 4.78 is 11.6. The standard InChI is InChI=1S/C15H16BrNO3/c1-4-12-13(15(18)19-5-2)20-14(17-12)10-7-6-8-11(16)9(10)3/h6-8H,4-5H2,1-3H3. The summed E-state index contributed by atoms with van der Waals surface area (Å²) in [4.78, 5) is 16.3. The van der Waals surface area contributed by atoms with Crippen molar-refractivity contribution in [2.24, 2.45) is 0 Å². The van der Waals surface area contributed by atoms with Gasteiger partial charge in [0.15, 0.2) is 0 Å². The van der Waals surface area contributed by atoms with Crippen LogP contribution in [0.4, 0.5) is 0 Å². The van der Waals surface area contributed by atoms with Gasteiger partial charge in [0.05, 0.1) is 12.3 Å². The molecule has 1 aromatic heterocycles. The first-order valence-corrected chi connectivity index (χ1v) is 7.30. The van der Waals surface area contributed by atoms with Gasteiger partial charge in [-0.3, -0.25) is 0 Å². The molecule has 2 rings (SSSR count). The van der Waals surface area contributed by atoms with Crippen LogP contribution in [0.3, 0.4) is 0 Å². The summed E-state index contributed by atoms with van der Waals surface area (Å²) in [5.74, 6) is 0.183. The number of nitrogens with zero attached hydrogens (tertiary/aromatic N) is 1. The number of rotatable bonds is 4. The molecule has 0 N–H and O–H groups in total. The molecule has 0 spiro atoms. The van der Waals surface area contributed by atoms with Crippen molar-refractivity contribution in [3.05, 3.63) is 39.7 Å². The topological polar surface area (TPSA) is 52.3 Å². The second-order valence-corrected chi connectivity index (χ2v) is 5.14. The monoisotopic (exact) mass is 337 g/mol. The number of esters is 1. The van der Waals surface area contributed by atoms with Crippen LogP contribution in [-0.2, 0) is 11.2 Å². The van der Waals surface area contributed by atoms with E-state index in [4.69, 9.17) is 9.15 Å². The molecular formula is C15H16BrNO3. The number of halogens is 1. The van der Waals surface area contributed by atoms with E-state index < -0.39 is 5.97 Å². The summed E-state index contributed by atoms with van der Waals surface area (Å²) in [6, 6.07) is 5.78. The minimum atomic E-state index is -0.462. The molecule has 0 aliphatic heterocycles. The molecule has 0 fully saturated rings. The van der Waals surface area contributed by atoms with Gasteiger partial charge < -0.3 is 9.15 Å². The third kappa shape index (κ3) is 2.77. The second kappa shape index (κ2) is 6.22. The van der Waals surface area contributed by atoms with Crippen LogP contribution in [0, 0.1) is 6.92 Å². The van der Waals surface area contributed by atoms with Crippen molar-refractivity contribution < 1.29 is 13.9 Å². The van der Waals surface area contributed by atoms with Gasteiger partial charge in [-0.2, -0.15) is 0 Å². The highest BCUT2D eigenvalue weighted by Crippen LogP contribution is 2.29. The van der Waals surface area contributed by atoms with Gasteiger partial charge in [0.25, 0.3) is 0 Å². The number of hydrogen-bond acceptors (Lipinski definition) is 4. The fraction of sp³-hybridized carbons (Fsp3) is 0.333. The average Bonchev–Trinajstić information content (AvgIpc) is 2.86. The van der Waals surface area contributed by atoms with Gasteiger partial charge in [0.2, 0.25) is 11.7 Å². The number of aryl methyl sites for hydroxylation is 1. The molecule has 1 aromatic carbocycles. The fourth-order valence-corrected chi connectivity index (χ4v) is 2.27. The second-order valence-electron chi connectivity index (χ2n) is 4.28. The van der Waals surface area contributed by atoms with E-state index in [1.165, 1.54) is 0 Å². The molecule has 0 aliphatic rings. The number of aromatic nitrogens is 1. The van der Waals surface area contributed by atoms with Gasteiger partial charge in [0, 0.05) is 10.0 Å². The number of benzene rings is 1. The normalized spacial score (nSPS) is 10.6. The van der Waals surface area contributed by atoms with Crippen molar-refractivity contribution in [3.63, 3.8) is 0 Å². The summed E-state index contributed by atoms with van der Waals surface area (Å²) in [7, 11) is 0. The molecule has 5 heteroatoms. The van der Waals surface area contributed by atoms with Gasteiger partial charge in [-0.05, 0) is 38.0 Å². The number of oxazole rings is 1. The van der Waals surface area contributed by atoms with E-state index >= 15 is 0 Å². The molecule has 0 amide bonds. The predicted molar refractivity (Wildman–Crippen MR) is 79.7 cm³/mol. The Hall–Kier alpha value is -1.62. The minimum Gasteiger partial charge on any atom is -0.460 e. The molecule has 0 unspecified atom stereocenters. The van der Waals surface area contributed by atoms with Crippen LogP contribution in [0.25, 0.3) is 11.5 Å². The Balaban J connectivity index is 2.49. The number of ether oxygens (including phenoxy) is 1.